The molecule has 1 aromatic carbocycles. The average molecular weight is 340 g/mol. The lowest BCUT2D eigenvalue weighted by molar-refractivity contribution is 0.0986. The highest BCUT2D eigenvalue weighted by Crippen LogP contribution is 2.42. The van der Waals surface area contributed by atoms with Gasteiger partial charge in [-0.25, -0.2) is 0 Å². The van der Waals surface area contributed by atoms with Crippen molar-refractivity contribution in [1.29, 1.82) is 0 Å². The van der Waals surface area contributed by atoms with E-state index in [0.717, 1.165) is 50.6 Å². The third-order valence-electron chi connectivity index (χ3n) is 4.97. The summed E-state index contributed by atoms with van der Waals surface area (Å²) in [6, 6.07) is 10.1. The van der Waals surface area contributed by atoms with Crippen LogP contribution in [0.5, 0.6) is 0 Å². The van der Waals surface area contributed by atoms with E-state index in [1.165, 1.54) is 5.69 Å². The largest absolute Gasteiger partial charge is 0.468 e. The van der Waals surface area contributed by atoms with E-state index in [2.05, 4.69) is 17.0 Å². The molecule has 2 aliphatic rings. The van der Waals surface area contributed by atoms with Crippen molar-refractivity contribution in [3.05, 3.63) is 47.9 Å². The zero-order valence-corrected chi connectivity index (χ0v) is 14.6. The lowest BCUT2D eigenvalue weighted by atomic mass is 10.1. The van der Waals surface area contributed by atoms with Gasteiger partial charge in [0.25, 0.3) is 5.91 Å². The lowest BCUT2D eigenvalue weighted by Crippen LogP contribution is -2.36. The summed E-state index contributed by atoms with van der Waals surface area (Å²) in [5.74, 6) is 1.31. The van der Waals surface area contributed by atoms with Crippen molar-refractivity contribution in [1.82, 2.24) is 0 Å². The molecule has 2 fully saturated rings. The van der Waals surface area contributed by atoms with Crippen LogP contribution in [0.1, 0.15) is 41.8 Å². The maximum atomic E-state index is 13.0. The monoisotopic (exact) mass is 340 g/mol. The van der Waals surface area contributed by atoms with Crippen LogP contribution in [0, 0.1) is 0 Å². The second-order valence-corrected chi connectivity index (χ2v) is 6.64. The van der Waals surface area contributed by atoms with Crippen LogP contribution >= 0.6 is 0 Å². The van der Waals surface area contributed by atoms with Crippen molar-refractivity contribution in [2.45, 2.75) is 25.7 Å². The molecule has 0 spiro atoms. The van der Waals surface area contributed by atoms with E-state index in [4.69, 9.17) is 9.15 Å². The summed E-state index contributed by atoms with van der Waals surface area (Å²) < 4.78 is 11.0. The lowest BCUT2D eigenvalue weighted by Gasteiger charge is -2.29. The third-order valence-corrected chi connectivity index (χ3v) is 4.97. The van der Waals surface area contributed by atoms with Gasteiger partial charge in [-0.2, -0.15) is 0 Å². The van der Waals surface area contributed by atoms with Gasteiger partial charge in [-0.15, -0.1) is 0 Å². The molecule has 0 unspecified atom stereocenters. The number of hydrogen-bond donors (Lipinski definition) is 0. The van der Waals surface area contributed by atoms with Gasteiger partial charge in [0.2, 0.25) is 0 Å². The molecule has 0 atom stereocenters. The predicted molar refractivity (Wildman–Crippen MR) is 97.5 cm³/mol. The Morgan fingerprint density at radius 3 is 2.52 bits per heavy atom. The molecule has 5 nitrogen and oxygen atoms in total. The number of carbonyl (C=O) groups is 1. The fourth-order valence-electron chi connectivity index (χ4n) is 3.41. The van der Waals surface area contributed by atoms with E-state index in [1.807, 2.05) is 24.0 Å². The summed E-state index contributed by atoms with van der Waals surface area (Å²) in [5.41, 5.74) is 2.81. The number of furan rings is 1. The fourth-order valence-corrected chi connectivity index (χ4v) is 3.41. The minimum Gasteiger partial charge on any atom is -0.468 e. The van der Waals surface area contributed by atoms with Crippen LogP contribution in [0.25, 0.3) is 0 Å². The maximum absolute atomic E-state index is 13.0. The molecule has 1 saturated heterocycles. The first-order valence-electron chi connectivity index (χ1n) is 9.10. The first-order valence-corrected chi connectivity index (χ1v) is 9.10. The van der Waals surface area contributed by atoms with Gasteiger partial charge in [-0.1, -0.05) is 0 Å². The van der Waals surface area contributed by atoms with E-state index >= 15 is 0 Å². The van der Waals surface area contributed by atoms with Gasteiger partial charge in [-0.05, 0) is 50.1 Å². The van der Waals surface area contributed by atoms with E-state index in [0.29, 0.717) is 18.0 Å². The van der Waals surface area contributed by atoms with Crippen LogP contribution in [0.4, 0.5) is 11.4 Å². The van der Waals surface area contributed by atoms with Crippen LogP contribution in [-0.4, -0.2) is 38.8 Å². The highest BCUT2D eigenvalue weighted by Gasteiger charge is 2.32. The number of nitrogens with zero attached hydrogens (tertiary/aromatic N) is 2. The van der Waals surface area contributed by atoms with Crippen LogP contribution in [0.2, 0.25) is 0 Å². The Balaban J connectivity index is 1.53. The summed E-state index contributed by atoms with van der Waals surface area (Å²) in [4.78, 5) is 17.1. The molecule has 5 heteroatoms. The number of rotatable bonds is 5. The molecule has 2 aromatic rings. The van der Waals surface area contributed by atoms with Gasteiger partial charge >= 0.3 is 0 Å². The second kappa shape index (κ2) is 6.92. The number of benzene rings is 1. The molecule has 1 aliphatic carbocycles. The number of ether oxygens (including phenoxy) is 1. The molecular weight excluding hydrogens is 316 g/mol. The van der Waals surface area contributed by atoms with E-state index in [1.54, 1.807) is 12.3 Å². The Bertz CT molecular complexity index is 728. The van der Waals surface area contributed by atoms with E-state index in [9.17, 15) is 4.79 Å². The molecule has 4 rings (SSSR count). The summed E-state index contributed by atoms with van der Waals surface area (Å²) in [6.45, 7) is 6.00. The Morgan fingerprint density at radius 1 is 1.16 bits per heavy atom. The first kappa shape index (κ1) is 16.2. The molecule has 25 heavy (non-hydrogen) atoms. The van der Waals surface area contributed by atoms with E-state index < -0.39 is 0 Å². The van der Waals surface area contributed by atoms with Crippen LogP contribution < -0.4 is 9.80 Å². The second-order valence-electron chi connectivity index (χ2n) is 6.64. The first-order chi connectivity index (χ1) is 12.3. The van der Waals surface area contributed by atoms with Gasteiger partial charge in [0.15, 0.2) is 0 Å². The Morgan fingerprint density at radius 2 is 1.88 bits per heavy atom. The molecule has 1 aliphatic heterocycles. The zero-order valence-electron chi connectivity index (χ0n) is 14.6. The van der Waals surface area contributed by atoms with Crippen molar-refractivity contribution in [2.75, 3.05) is 42.6 Å². The fraction of sp³-hybridized carbons (Fsp3) is 0.450. The topological polar surface area (TPSA) is 45.9 Å². The van der Waals surface area contributed by atoms with Gasteiger partial charge in [0.05, 0.1) is 25.0 Å². The molecule has 1 aromatic heterocycles. The van der Waals surface area contributed by atoms with Gasteiger partial charge < -0.3 is 19.0 Å². The summed E-state index contributed by atoms with van der Waals surface area (Å²) in [6.07, 6.45) is 3.87. The minimum absolute atomic E-state index is 0.0253. The molecule has 0 bridgehead atoms. The van der Waals surface area contributed by atoms with Crippen molar-refractivity contribution in [3.63, 3.8) is 0 Å². The van der Waals surface area contributed by atoms with Gasteiger partial charge in [0, 0.05) is 36.9 Å². The maximum Gasteiger partial charge on any atom is 0.261 e. The van der Waals surface area contributed by atoms with Crippen LogP contribution in [-0.2, 0) is 4.74 Å². The summed E-state index contributed by atoms with van der Waals surface area (Å²) in [5, 5.41) is 0. The SMILES string of the molecule is CCN(C(=O)c1ccoc1C1CC1)c1ccc(N2CCOCC2)cc1. The summed E-state index contributed by atoms with van der Waals surface area (Å²) >= 11 is 0. The number of amides is 1. The van der Waals surface area contributed by atoms with Gasteiger partial charge in [-0.3, -0.25) is 4.79 Å². The predicted octanol–water partition coefficient (Wildman–Crippen LogP) is 3.66. The zero-order chi connectivity index (χ0) is 17.2. The standard InChI is InChI=1S/C20H24N2O3/c1-2-22(20(23)18-9-12-25-19(18)15-3-4-15)17-7-5-16(6-8-17)21-10-13-24-14-11-21/h5-9,12,15H,2-4,10-11,13-14H2,1H3. The Labute approximate surface area is 148 Å². The molecule has 1 saturated carbocycles. The molecule has 1 amide bonds. The third kappa shape index (κ3) is 3.29. The quantitative estimate of drug-likeness (QED) is 0.833. The normalized spacial score (nSPS) is 17.6. The molecule has 0 N–H and O–H groups in total. The highest BCUT2D eigenvalue weighted by molar-refractivity contribution is 6.07. The van der Waals surface area contributed by atoms with Gasteiger partial charge in [0.1, 0.15) is 5.76 Å². The van der Waals surface area contributed by atoms with Crippen molar-refractivity contribution in [2.24, 2.45) is 0 Å². The number of morpholine rings is 1. The van der Waals surface area contributed by atoms with E-state index in [-0.39, 0.29) is 5.91 Å². The average Bonchev–Trinajstić information content (AvgIpc) is 3.40. The molecule has 0 radical (unpaired) electrons. The minimum atomic E-state index is 0.0253. The smallest absolute Gasteiger partial charge is 0.261 e. The molecule has 2 heterocycles. The summed E-state index contributed by atoms with van der Waals surface area (Å²) in [7, 11) is 0. The van der Waals surface area contributed by atoms with Crippen molar-refractivity contribution < 1.29 is 13.9 Å². The Hall–Kier alpha value is -2.27. The molecule has 132 valence electrons. The number of carbonyl (C=O) groups excluding carboxylic acids is 1. The van der Waals surface area contributed by atoms with Crippen LogP contribution in [0.3, 0.4) is 0 Å². The Kier molecular flexibility index (Phi) is 4.49. The highest BCUT2D eigenvalue weighted by atomic mass is 16.5. The van der Waals surface area contributed by atoms with Crippen molar-refractivity contribution in [3.8, 4) is 0 Å². The number of anilines is 2. The van der Waals surface area contributed by atoms with Crippen molar-refractivity contribution >= 4 is 17.3 Å². The number of hydrogen-bond acceptors (Lipinski definition) is 4. The van der Waals surface area contributed by atoms with Crippen LogP contribution in [0.15, 0.2) is 41.0 Å². The molecular formula is C20H24N2O3.